The highest BCUT2D eigenvalue weighted by molar-refractivity contribution is 6.31. The predicted molar refractivity (Wildman–Crippen MR) is 80.8 cm³/mol. The van der Waals surface area contributed by atoms with E-state index in [2.05, 4.69) is 4.98 Å². The number of imide groups is 1. The van der Waals surface area contributed by atoms with Gasteiger partial charge in [-0.3, -0.25) is 4.79 Å². The van der Waals surface area contributed by atoms with Crippen molar-refractivity contribution in [3.05, 3.63) is 23.4 Å². The molecule has 6 nitrogen and oxygen atoms in total. The Morgan fingerprint density at radius 3 is 2.86 bits per heavy atom. The molecule has 2 amide bonds. The van der Waals surface area contributed by atoms with E-state index in [4.69, 9.17) is 21.1 Å². The van der Waals surface area contributed by atoms with E-state index in [-0.39, 0.29) is 24.4 Å². The summed E-state index contributed by atoms with van der Waals surface area (Å²) in [6, 6.07) is 2.98. The zero-order valence-electron chi connectivity index (χ0n) is 12.8. The maximum Gasteiger partial charge on any atom is 0.417 e. The van der Waals surface area contributed by atoms with Crippen molar-refractivity contribution in [2.24, 2.45) is 0 Å². The standard InChI is InChI=1S/C15H19ClN2O4/c1-15(2,3)22-14(20)18-10(6-7-12(18)19)9-21-13-11(16)5-4-8-17-13/h4-5,8,10H,6-7,9H2,1-3H3/t10-/m1/s1. The summed E-state index contributed by atoms with van der Waals surface area (Å²) in [5.41, 5.74) is -0.657. The lowest BCUT2D eigenvalue weighted by Gasteiger charge is -2.27. The largest absolute Gasteiger partial charge is 0.474 e. The molecule has 1 atom stereocenters. The Morgan fingerprint density at radius 1 is 1.50 bits per heavy atom. The van der Waals surface area contributed by atoms with Gasteiger partial charge in [0.25, 0.3) is 0 Å². The Bertz CT molecular complexity index is 571. The van der Waals surface area contributed by atoms with Crippen LogP contribution in [0.2, 0.25) is 5.02 Å². The van der Waals surface area contributed by atoms with Crippen molar-refractivity contribution in [2.45, 2.75) is 45.3 Å². The number of hydrogen-bond acceptors (Lipinski definition) is 5. The molecule has 0 N–H and O–H groups in total. The second kappa shape index (κ2) is 6.52. The number of hydrogen-bond donors (Lipinski definition) is 0. The normalized spacial score (nSPS) is 18.5. The predicted octanol–water partition coefficient (Wildman–Crippen LogP) is 3.04. The summed E-state index contributed by atoms with van der Waals surface area (Å²) in [6.45, 7) is 5.40. The van der Waals surface area contributed by atoms with Gasteiger partial charge in [0.2, 0.25) is 11.8 Å². The Balaban J connectivity index is 2.02. The van der Waals surface area contributed by atoms with Crippen LogP contribution in [0, 0.1) is 0 Å². The van der Waals surface area contributed by atoms with Gasteiger partial charge in [0.1, 0.15) is 17.2 Å². The fraction of sp³-hybridized carbons (Fsp3) is 0.533. The van der Waals surface area contributed by atoms with Crippen molar-refractivity contribution < 1.29 is 19.1 Å². The minimum Gasteiger partial charge on any atom is -0.474 e. The van der Waals surface area contributed by atoms with E-state index in [9.17, 15) is 9.59 Å². The monoisotopic (exact) mass is 326 g/mol. The van der Waals surface area contributed by atoms with Crippen LogP contribution in [0.5, 0.6) is 5.88 Å². The number of carbonyl (C=O) groups is 2. The molecule has 0 saturated carbocycles. The van der Waals surface area contributed by atoms with Crippen molar-refractivity contribution in [2.75, 3.05) is 6.61 Å². The molecule has 1 fully saturated rings. The van der Waals surface area contributed by atoms with Gasteiger partial charge in [0, 0.05) is 12.6 Å². The third-order valence-electron chi connectivity index (χ3n) is 3.05. The minimum absolute atomic E-state index is 0.141. The SMILES string of the molecule is CC(C)(C)OC(=O)N1C(=O)CC[C@@H]1COc1ncccc1Cl. The molecule has 1 aromatic rings. The van der Waals surface area contributed by atoms with E-state index in [0.717, 1.165) is 4.90 Å². The number of nitrogens with zero attached hydrogens (tertiary/aromatic N) is 2. The van der Waals surface area contributed by atoms with E-state index in [1.807, 2.05) is 0 Å². The highest BCUT2D eigenvalue weighted by atomic mass is 35.5. The van der Waals surface area contributed by atoms with Crippen LogP contribution in [0.25, 0.3) is 0 Å². The molecule has 2 rings (SSSR count). The first kappa shape index (κ1) is 16.5. The van der Waals surface area contributed by atoms with Crippen LogP contribution in [0.15, 0.2) is 18.3 Å². The van der Waals surface area contributed by atoms with E-state index < -0.39 is 11.7 Å². The Labute approximate surface area is 134 Å². The molecule has 0 aromatic carbocycles. The van der Waals surface area contributed by atoms with Gasteiger partial charge in [-0.05, 0) is 39.3 Å². The number of aromatic nitrogens is 1. The minimum atomic E-state index is -0.657. The first-order valence-electron chi connectivity index (χ1n) is 7.06. The molecule has 1 aliphatic rings. The van der Waals surface area contributed by atoms with Crippen LogP contribution >= 0.6 is 11.6 Å². The lowest BCUT2D eigenvalue weighted by atomic mass is 10.2. The molecule has 1 saturated heterocycles. The van der Waals surface area contributed by atoms with Gasteiger partial charge in [0.15, 0.2) is 0 Å². The molecule has 0 spiro atoms. The number of pyridine rings is 1. The lowest BCUT2D eigenvalue weighted by Crippen LogP contribution is -2.44. The van der Waals surface area contributed by atoms with Gasteiger partial charge in [0.05, 0.1) is 6.04 Å². The van der Waals surface area contributed by atoms with E-state index in [0.29, 0.717) is 17.9 Å². The maximum absolute atomic E-state index is 12.1. The molecule has 2 heterocycles. The molecule has 1 aromatic heterocycles. The van der Waals surface area contributed by atoms with Crippen molar-refractivity contribution in [1.82, 2.24) is 9.88 Å². The van der Waals surface area contributed by atoms with Gasteiger partial charge in [-0.15, -0.1) is 0 Å². The van der Waals surface area contributed by atoms with Crippen LogP contribution in [0.1, 0.15) is 33.6 Å². The van der Waals surface area contributed by atoms with Crippen molar-refractivity contribution in [3.8, 4) is 5.88 Å². The summed E-state index contributed by atoms with van der Waals surface area (Å²) in [4.78, 5) is 29.2. The maximum atomic E-state index is 12.1. The Kier molecular flexibility index (Phi) is 4.90. The van der Waals surface area contributed by atoms with Gasteiger partial charge < -0.3 is 9.47 Å². The van der Waals surface area contributed by atoms with Gasteiger partial charge >= 0.3 is 6.09 Å². The van der Waals surface area contributed by atoms with Gasteiger partial charge in [-0.25, -0.2) is 14.7 Å². The van der Waals surface area contributed by atoms with Gasteiger partial charge in [-0.1, -0.05) is 11.6 Å². The van der Waals surface area contributed by atoms with Crippen LogP contribution in [-0.2, 0) is 9.53 Å². The molecule has 0 unspecified atom stereocenters. The van der Waals surface area contributed by atoms with Crippen molar-refractivity contribution in [1.29, 1.82) is 0 Å². The Hall–Kier alpha value is -1.82. The smallest absolute Gasteiger partial charge is 0.417 e. The molecule has 0 bridgehead atoms. The highest BCUT2D eigenvalue weighted by Gasteiger charge is 2.39. The summed E-state index contributed by atoms with van der Waals surface area (Å²) in [6.07, 6.45) is 1.74. The van der Waals surface area contributed by atoms with Crippen LogP contribution in [0.3, 0.4) is 0 Å². The molecule has 0 aliphatic carbocycles. The van der Waals surface area contributed by atoms with E-state index in [1.165, 1.54) is 0 Å². The van der Waals surface area contributed by atoms with Crippen molar-refractivity contribution in [3.63, 3.8) is 0 Å². The average Bonchev–Trinajstić information content (AvgIpc) is 2.77. The van der Waals surface area contributed by atoms with Gasteiger partial charge in [-0.2, -0.15) is 0 Å². The van der Waals surface area contributed by atoms with Crippen LogP contribution < -0.4 is 4.74 Å². The Morgan fingerprint density at radius 2 is 2.23 bits per heavy atom. The van der Waals surface area contributed by atoms with Crippen LogP contribution in [0.4, 0.5) is 4.79 Å². The average molecular weight is 327 g/mol. The van der Waals surface area contributed by atoms with E-state index >= 15 is 0 Å². The number of ether oxygens (including phenoxy) is 2. The number of likely N-dealkylation sites (tertiary alicyclic amines) is 1. The fourth-order valence-corrected chi connectivity index (χ4v) is 2.29. The number of carbonyl (C=O) groups excluding carboxylic acids is 2. The second-order valence-electron chi connectivity index (χ2n) is 6.04. The third-order valence-corrected chi connectivity index (χ3v) is 3.34. The third kappa shape index (κ3) is 4.10. The van der Waals surface area contributed by atoms with Crippen LogP contribution in [-0.4, -0.2) is 40.1 Å². The number of halogens is 1. The molecule has 0 radical (unpaired) electrons. The molecular weight excluding hydrogens is 308 g/mol. The second-order valence-corrected chi connectivity index (χ2v) is 6.45. The topological polar surface area (TPSA) is 68.7 Å². The summed E-state index contributed by atoms with van der Waals surface area (Å²) in [5, 5.41) is 0.385. The highest BCUT2D eigenvalue weighted by Crippen LogP contribution is 2.25. The fourth-order valence-electron chi connectivity index (χ4n) is 2.12. The van der Waals surface area contributed by atoms with Crippen molar-refractivity contribution >= 4 is 23.6 Å². The number of rotatable bonds is 3. The van der Waals surface area contributed by atoms with E-state index in [1.54, 1.807) is 39.1 Å². The zero-order valence-corrected chi connectivity index (χ0v) is 13.6. The molecule has 1 aliphatic heterocycles. The molecule has 22 heavy (non-hydrogen) atoms. The molecule has 7 heteroatoms. The molecule has 120 valence electrons. The summed E-state index contributed by atoms with van der Waals surface area (Å²) in [5.74, 6) is 0.0302. The summed E-state index contributed by atoms with van der Waals surface area (Å²) >= 11 is 5.96. The summed E-state index contributed by atoms with van der Waals surface area (Å²) < 4.78 is 10.8. The molecular formula is C15H19ClN2O4. The summed E-state index contributed by atoms with van der Waals surface area (Å²) in [7, 11) is 0. The quantitative estimate of drug-likeness (QED) is 0.854. The first-order valence-corrected chi connectivity index (χ1v) is 7.44. The first-order chi connectivity index (χ1) is 10.3. The number of amides is 2. The zero-order chi connectivity index (χ0) is 16.3. The lowest BCUT2D eigenvalue weighted by molar-refractivity contribution is -0.128.